The van der Waals surface area contributed by atoms with E-state index in [1.54, 1.807) is 0 Å². The second kappa shape index (κ2) is 6.25. The molecule has 2 rings (SSSR count). The van der Waals surface area contributed by atoms with Gasteiger partial charge in [-0.1, -0.05) is 12.1 Å². The molecular formula is C14H9F4NO2. The molecule has 1 amide bonds. The SMILES string of the molecule is O=C(Nc1ccc(F)cc1F)c1ccccc1OC(F)F. The van der Waals surface area contributed by atoms with E-state index in [1.807, 2.05) is 0 Å². The molecule has 2 aromatic rings. The summed E-state index contributed by atoms with van der Waals surface area (Å²) in [6.45, 7) is -3.10. The Kier molecular flexibility index (Phi) is 4.42. The number of hydrogen-bond donors (Lipinski definition) is 1. The molecule has 0 unspecified atom stereocenters. The molecule has 0 saturated carbocycles. The first kappa shape index (κ1) is 14.8. The van der Waals surface area contributed by atoms with E-state index < -0.39 is 24.2 Å². The highest BCUT2D eigenvalue weighted by atomic mass is 19.3. The first-order chi connectivity index (χ1) is 9.97. The van der Waals surface area contributed by atoms with Crippen LogP contribution < -0.4 is 10.1 Å². The van der Waals surface area contributed by atoms with Crippen molar-refractivity contribution in [3.63, 3.8) is 0 Å². The monoisotopic (exact) mass is 299 g/mol. The number of ether oxygens (including phenoxy) is 1. The average Bonchev–Trinajstić information content (AvgIpc) is 2.42. The van der Waals surface area contributed by atoms with E-state index in [1.165, 1.54) is 24.3 Å². The van der Waals surface area contributed by atoms with Crippen molar-refractivity contribution in [1.82, 2.24) is 0 Å². The van der Waals surface area contributed by atoms with Crippen LogP contribution in [0.4, 0.5) is 23.2 Å². The van der Waals surface area contributed by atoms with E-state index in [0.29, 0.717) is 6.07 Å². The van der Waals surface area contributed by atoms with E-state index in [-0.39, 0.29) is 17.0 Å². The Hall–Kier alpha value is -2.57. The molecule has 0 aliphatic heterocycles. The molecule has 0 heterocycles. The molecule has 0 aliphatic rings. The number of carbonyl (C=O) groups excluding carboxylic acids is 1. The van der Waals surface area contributed by atoms with Gasteiger partial charge in [-0.25, -0.2) is 8.78 Å². The maximum Gasteiger partial charge on any atom is 0.387 e. The maximum atomic E-state index is 13.4. The van der Waals surface area contributed by atoms with E-state index in [0.717, 1.165) is 12.1 Å². The molecule has 0 atom stereocenters. The van der Waals surface area contributed by atoms with Gasteiger partial charge in [0.05, 0.1) is 11.3 Å². The minimum Gasteiger partial charge on any atom is -0.434 e. The molecule has 0 fully saturated rings. The lowest BCUT2D eigenvalue weighted by Crippen LogP contribution is -2.15. The Morgan fingerprint density at radius 2 is 1.81 bits per heavy atom. The van der Waals surface area contributed by atoms with Gasteiger partial charge in [-0.3, -0.25) is 4.79 Å². The van der Waals surface area contributed by atoms with Crippen molar-refractivity contribution in [3.05, 3.63) is 59.7 Å². The standard InChI is InChI=1S/C14H9F4NO2/c15-8-5-6-11(10(16)7-8)19-13(20)9-3-1-2-4-12(9)21-14(17)18/h1-7,14H,(H,19,20). The summed E-state index contributed by atoms with van der Waals surface area (Å²) >= 11 is 0. The smallest absolute Gasteiger partial charge is 0.387 e. The fourth-order valence-corrected chi connectivity index (χ4v) is 1.63. The summed E-state index contributed by atoms with van der Waals surface area (Å²) in [6.07, 6.45) is 0. The van der Waals surface area contributed by atoms with Gasteiger partial charge >= 0.3 is 6.61 Å². The van der Waals surface area contributed by atoms with Crippen LogP contribution in [0.15, 0.2) is 42.5 Å². The van der Waals surface area contributed by atoms with Gasteiger partial charge in [-0.2, -0.15) is 8.78 Å². The van der Waals surface area contributed by atoms with E-state index >= 15 is 0 Å². The van der Waals surface area contributed by atoms with Crippen LogP contribution >= 0.6 is 0 Å². The molecule has 110 valence electrons. The van der Waals surface area contributed by atoms with E-state index in [9.17, 15) is 22.4 Å². The maximum absolute atomic E-state index is 13.4. The summed E-state index contributed by atoms with van der Waals surface area (Å²) in [4.78, 5) is 12.0. The van der Waals surface area contributed by atoms with Gasteiger partial charge in [0.25, 0.3) is 5.91 Å². The molecule has 0 bridgehead atoms. The van der Waals surface area contributed by atoms with E-state index in [2.05, 4.69) is 10.1 Å². The van der Waals surface area contributed by atoms with Crippen molar-refractivity contribution in [3.8, 4) is 5.75 Å². The van der Waals surface area contributed by atoms with Gasteiger partial charge in [-0.05, 0) is 24.3 Å². The molecule has 21 heavy (non-hydrogen) atoms. The zero-order chi connectivity index (χ0) is 15.4. The third-order valence-electron chi connectivity index (χ3n) is 2.53. The zero-order valence-corrected chi connectivity index (χ0v) is 10.4. The Morgan fingerprint density at radius 1 is 1.10 bits per heavy atom. The minimum absolute atomic E-state index is 0.193. The number of nitrogens with one attached hydrogen (secondary N) is 1. The fraction of sp³-hybridized carbons (Fsp3) is 0.0714. The molecule has 0 aliphatic carbocycles. The highest BCUT2D eigenvalue weighted by Gasteiger charge is 2.16. The number of halogens is 4. The predicted octanol–water partition coefficient (Wildman–Crippen LogP) is 3.82. The topological polar surface area (TPSA) is 38.3 Å². The third kappa shape index (κ3) is 3.71. The molecule has 0 radical (unpaired) electrons. The van der Waals surface area contributed by atoms with Crippen LogP contribution in [-0.2, 0) is 0 Å². The molecule has 2 aromatic carbocycles. The van der Waals surface area contributed by atoms with Crippen LogP contribution in [0.3, 0.4) is 0 Å². The number of para-hydroxylation sites is 1. The molecule has 0 saturated heterocycles. The van der Waals surface area contributed by atoms with Crippen molar-refractivity contribution < 1.29 is 27.1 Å². The van der Waals surface area contributed by atoms with Crippen LogP contribution in [0.2, 0.25) is 0 Å². The first-order valence-corrected chi connectivity index (χ1v) is 5.77. The lowest BCUT2D eigenvalue weighted by Gasteiger charge is -2.11. The third-order valence-corrected chi connectivity index (χ3v) is 2.53. The van der Waals surface area contributed by atoms with Crippen LogP contribution in [0.5, 0.6) is 5.75 Å². The Bertz CT molecular complexity index is 661. The molecule has 1 N–H and O–H groups in total. The fourth-order valence-electron chi connectivity index (χ4n) is 1.63. The lowest BCUT2D eigenvalue weighted by molar-refractivity contribution is -0.0501. The van der Waals surface area contributed by atoms with Crippen LogP contribution in [-0.4, -0.2) is 12.5 Å². The Balaban J connectivity index is 2.24. The van der Waals surface area contributed by atoms with Gasteiger partial charge < -0.3 is 10.1 Å². The van der Waals surface area contributed by atoms with Crippen LogP contribution in [0, 0.1) is 11.6 Å². The summed E-state index contributed by atoms with van der Waals surface area (Å²) in [5, 5.41) is 2.16. The van der Waals surface area contributed by atoms with Gasteiger partial charge in [0.15, 0.2) is 0 Å². The Morgan fingerprint density at radius 3 is 2.48 bits per heavy atom. The highest BCUT2D eigenvalue weighted by molar-refractivity contribution is 6.06. The number of benzene rings is 2. The second-order valence-corrected chi connectivity index (χ2v) is 3.95. The Labute approximate surface area is 117 Å². The first-order valence-electron chi connectivity index (χ1n) is 5.77. The number of rotatable bonds is 4. The summed E-state index contributed by atoms with van der Waals surface area (Å²) in [7, 11) is 0. The number of alkyl halides is 2. The van der Waals surface area contributed by atoms with Gasteiger partial charge in [-0.15, -0.1) is 0 Å². The summed E-state index contributed by atoms with van der Waals surface area (Å²) in [5.41, 5.74) is -0.463. The minimum atomic E-state index is -3.10. The molecule has 0 aromatic heterocycles. The molecule has 0 spiro atoms. The van der Waals surface area contributed by atoms with Crippen LogP contribution in [0.25, 0.3) is 0 Å². The van der Waals surface area contributed by atoms with Gasteiger partial charge in [0.2, 0.25) is 0 Å². The van der Waals surface area contributed by atoms with Crippen molar-refractivity contribution in [2.24, 2.45) is 0 Å². The van der Waals surface area contributed by atoms with Crippen molar-refractivity contribution in [1.29, 1.82) is 0 Å². The zero-order valence-electron chi connectivity index (χ0n) is 10.4. The van der Waals surface area contributed by atoms with E-state index in [4.69, 9.17) is 0 Å². The lowest BCUT2D eigenvalue weighted by atomic mass is 10.2. The highest BCUT2D eigenvalue weighted by Crippen LogP contribution is 2.22. The number of hydrogen-bond acceptors (Lipinski definition) is 2. The summed E-state index contributed by atoms with van der Waals surface area (Å²) in [5.74, 6) is -2.97. The largest absolute Gasteiger partial charge is 0.434 e. The van der Waals surface area contributed by atoms with Crippen LogP contribution in [0.1, 0.15) is 10.4 Å². The second-order valence-electron chi connectivity index (χ2n) is 3.95. The van der Waals surface area contributed by atoms with Crippen molar-refractivity contribution in [2.45, 2.75) is 6.61 Å². The number of anilines is 1. The molecular weight excluding hydrogens is 290 g/mol. The molecule has 3 nitrogen and oxygen atoms in total. The molecule has 7 heteroatoms. The number of amides is 1. The van der Waals surface area contributed by atoms with Gasteiger partial charge in [0.1, 0.15) is 17.4 Å². The summed E-state index contributed by atoms with van der Waals surface area (Å²) in [6, 6.07) is 7.86. The normalized spacial score (nSPS) is 10.5. The predicted molar refractivity (Wildman–Crippen MR) is 67.4 cm³/mol. The summed E-state index contributed by atoms with van der Waals surface area (Å²) < 4.78 is 54.9. The average molecular weight is 299 g/mol. The van der Waals surface area contributed by atoms with Crippen molar-refractivity contribution >= 4 is 11.6 Å². The number of carbonyl (C=O) groups is 1. The van der Waals surface area contributed by atoms with Crippen molar-refractivity contribution in [2.75, 3.05) is 5.32 Å². The van der Waals surface area contributed by atoms with Gasteiger partial charge in [0, 0.05) is 6.07 Å². The quantitative estimate of drug-likeness (QED) is 0.872.